The number of carbonyl (C=O) groups is 1. The van der Waals surface area contributed by atoms with Crippen molar-refractivity contribution >= 4 is 5.91 Å². The smallest absolute Gasteiger partial charge is 0.247 e. The van der Waals surface area contributed by atoms with Crippen molar-refractivity contribution in [3.63, 3.8) is 0 Å². The van der Waals surface area contributed by atoms with Gasteiger partial charge in [-0.2, -0.15) is 5.10 Å². The van der Waals surface area contributed by atoms with Crippen molar-refractivity contribution in [2.24, 2.45) is 0 Å². The molecule has 0 bridgehead atoms. The van der Waals surface area contributed by atoms with Gasteiger partial charge in [-0.05, 0) is 39.0 Å². The molecule has 6 nitrogen and oxygen atoms in total. The molecule has 0 radical (unpaired) electrons. The first-order valence-corrected chi connectivity index (χ1v) is 9.11. The second-order valence-corrected chi connectivity index (χ2v) is 6.84. The van der Waals surface area contributed by atoms with Crippen LogP contribution in [0.4, 0.5) is 0 Å². The van der Waals surface area contributed by atoms with Crippen LogP contribution in [-0.4, -0.2) is 46.9 Å². The SMILES string of the molecule is COc1ccccc1OC1CCN(C(=O)[C@H](C)n2nc(C)cc2C)CC1. The highest BCUT2D eigenvalue weighted by molar-refractivity contribution is 5.80. The van der Waals surface area contributed by atoms with Crippen LogP contribution in [0.3, 0.4) is 0 Å². The highest BCUT2D eigenvalue weighted by atomic mass is 16.5. The quantitative estimate of drug-likeness (QED) is 0.825. The number of benzene rings is 1. The minimum Gasteiger partial charge on any atom is -0.493 e. The molecule has 2 aromatic rings. The van der Waals surface area contributed by atoms with E-state index in [9.17, 15) is 4.79 Å². The number of hydrogen-bond acceptors (Lipinski definition) is 4. The molecule has 6 heteroatoms. The predicted molar refractivity (Wildman–Crippen MR) is 99.6 cm³/mol. The average molecular weight is 357 g/mol. The lowest BCUT2D eigenvalue weighted by atomic mass is 10.1. The van der Waals surface area contributed by atoms with E-state index in [1.807, 2.05) is 60.7 Å². The van der Waals surface area contributed by atoms with E-state index < -0.39 is 0 Å². The summed E-state index contributed by atoms with van der Waals surface area (Å²) in [5.41, 5.74) is 1.95. The van der Waals surface area contributed by atoms with Crippen LogP contribution < -0.4 is 9.47 Å². The molecule has 0 saturated carbocycles. The molecule has 0 aliphatic carbocycles. The number of aromatic nitrogens is 2. The minimum absolute atomic E-state index is 0.0966. The topological polar surface area (TPSA) is 56.6 Å². The molecule has 1 aromatic carbocycles. The Morgan fingerprint density at radius 1 is 1.19 bits per heavy atom. The fourth-order valence-corrected chi connectivity index (χ4v) is 3.50. The Hall–Kier alpha value is -2.50. The van der Waals surface area contributed by atoms with E-state index in [0.29, 0.717) is 13.1 Å². The summed E-state index contributed by atoms with van der Waals surface area (Å²) in [5, 5.41) is 4.45. The van der Waals surface area contributed by atoms with Crippen molar-refractivity contribution in [2.75, 3.05) is 20.2 Å². The molecule has 1 amide bonds. The summed E-state index contributed by atoms with van der Waals surface area (Å²) in [6, 6.07) is 9.39. The minimum atomic E-state index is -0.282. The maximum absolute atomic E-state index is 12.8. The van der Waals surface area contributed by atoms with E-state index in [2.05, 4.69) is 5.10 Å². The monoisotopic (exact) mass is 357 g/mol. The van der Waals surface area contributed by atoms with Gasteiger partial charge in [0.1, 0.15) is 12.1 Å². The highest BCUT2D eigenvalue weighted by Gasteiger charge is 2.29. The Morgan fingerprint density at radius 3 is 2.42 bits per heavy atom. The van der Waals surface area contributed by atoms with Gasteiger partial charge in [-0.1, -0.05) is 12.1 Å². The number of carbonyl (C=O) groups excluding carboxylic acids is 1. The number of ether oxygens (including phenoxy) is 2. The van der Waals surface area contributed by atoms with E-state index in [4.69, 9.17) is 9.47 Å². The summed E-state index contributed by atoms with van der Waals surface area (Å²) in [7, 11) is 1.64. The van der Waals surface area contributed by atoms with Crippen molar-refractivity contribution < 1.29 is 14.3 Å². The number of likely N-dealkylation sites (tertiary alicyclic amines) is 1. The second kappa shape index (κ2) is 7.81. The fraction of sp³-hybridized carbons (Fsp3) is 0.500. The summed E-state index contributed by atoms with van der Waals surface area (Å²) >= 11 is 0. The number of nitrogens with zero attached hydrogens (tertiary/aromatic N) is 3. The molecule has 1 aliphatic rings. The van der Waals surface area contributed by atoms with Gasteiger partial charge in [0.15, 0.2) is 11.5 Å². The highest BCUT2D eigenvalue weighted by Crippen LogP contribution is 2.29. The van der Waals surface area contributed by atoms with Crippen molar-refractivity contribution in [1.82, 2.24) is 14.7 Å². The summed E-state index contributed by atoms with van der Waals surface area (Å²) in [6.45, 7) is 7.24. The van der Waals surface area contributed by atoms with Crippen molar-refractivity contribution in [3.05, 3.63) is 41.7 Å². The van der Waals surface area contributed by atoms with Crippen LogP contribution in [-0.2, 0) is 4.79 Å². The van der Waals surface area contributed by atoms with Gasteiger partial charge in [0.25, 0.3) is 0 Å². The zero-order valence-corrected chi connectivity index (χ0v) is 15.9. The molecule has 0 spiro atoms. The number of methoxy groups -OCH3 is 1. The molecule has 1 aromatic heterocycles. The fourth-order valence-electron chi connectivity index (χ4n) is 3.50. The first-order chi connectivity index (χ1) is 12.5. The van der Waals surface area contributed by atoms with Crippen LogP contribution in [0.1, 0.15) is 37.2 Å². The molecule has 2 heterocycles. The molecule has 1 fully saturated rings. The van der Waals surface area contributed by atoms with Crippen LogP contribution >= 0.6 is 0 Å². The molecule has 0 N–H and O–H groups in total. The Bertz CT molecular complexity index is 763. The first-order valence-electron chi connectivity index (χ1n) is 9.11. The van der Waals surface area contributed by atoms with E-state index in [1.165, 1.54) is 0 Å². The number of aryl methyl sites for hydroxylation is 2. The van der Waals surface area contributed by atoms with Crippen LogP contribution in [0, 0.1) is 13.8 Å². The van der Waals surface area contributed by atoms with Gasteiger partial charge in [-0.3, -0.25) is 9.48 Å². The summed E-state index contributed by atoms with van der Waals surface area (Å²) < 4.78 is 13.2. The summed E-state index contributed by atoms with van der Waals surface area (Å²) in [6.07, 6.45) is 1.72. The predicted octanol–water partition coefficient (Wildman–Crippen LogP) is 3.14. The molecule has 3 rings (SSSR count). The lowest BCUT2D eigenvalue weighted by Gasteiger charge is -2.34. The molecular weight excluding hydrogens is 330 g/mol. The van der Waals surface area contributed by atoms with Crippen LogP contribution in [0.25, 0.3) is 0 Å². The molecule has 1 atom stereocenters. The van der Waals surface area contributed by atoms with E-state index in [-0.39, 0.29) is 18.1 Å². The molecule has 0 unspecified atom stereocenters. The third kappa shape index (κ3) is 3.84. The molecule has 140 valence electrons. The molecule has 26 heavy (non-hydrogen) atoms. The van der Waals surface area contributed by atoms with Crippen molar-refractivity contribution in [2.45, 2.75) is 45.8 Å². The number of amides is 1. The number of hydrogen-bond donors (Lipinski definition) is 0. The molecule has 1 saturated heterocycles. The Kier molecular flexibility index (Phi) is 5.49. The van der Waals surface area contributed by atoms with Gasteiger partial charge < -0.3 is 14.4 Å². The average Bonchev–Trinajstić information content (AvgIpc) is 2.99. The standard InChI is InChI=1S/C20H27N3O3/c1-14-13-15(2)23(21-14)16(3)20(24)22-11-9-17(10-12-22)26-19-8-6-5-7-18(19)25-4/h5-8,13,16-17H,9-12H2,1-4H3/t16-/m0/s1. The van der Waals surface area contributed by atoms with Gasteiger partial charge in [-0.15, -0.1) is 0 Å². The Labute approximate surface area is 154 Å². The zero-order chi connectivity index (χ0) is 18.7. The van der Waals surface area contributed by atoms with Crippen molar-refractivity contribution in [3.8, 4) is 11.5 Å². The number of piperidine rings is 1. The van der Waals surface area contributed by atoms with Crippen molar-refractivity contribution in [1.29, 1.82) is 0 Å². The Balaban J connectivity index is 1.58. The maximum Gasteiger partial charge on any atom is 0.247 e. The lowest BCUT2D eigenvalue weighted by molar-refractivity contribution is -0.136. The molecule has 1 aliphatic heterocycles. The Morgan fingerprint density at radius 2 is 1.85 bits per heavy atom. The number of rotatable bonds is 5. The van der Waals surface area contributed by atoms with Gasteiger partial charge in [0.2, 0.25) is 5.91 Å². The third-order valence-corrected chi connectivity index (χ3v) is 4.89. The third-order valence-electron chi connectivity index (χ3n) is 4.89. The first kappa shape index (κ1) is 18.3. The van der Waals surface area contributed by atoms with Gasteiger partial charge in [-0.25, -0.2) is 0 Å². The molecular formula is C20H27N3O3. The van der Waals surface area contributed by atoms with Gasteiger partial charge in [0.05, 0.1) is 12.8 Å². The van der Waals surface area contributed by atoms with E-state index >= 15 is 0 Å². The largest absolute Gasteiger partial charge is 0.493 e. The summed E-state index contributed by atoms with van der Waals surface area (Å²) in [4.78, 5) is 14.7. The van der Waals surface area contributed by atoms with Gasteiger partial charge in [0, 0.05) is 31.6 Å². The number of para-hydroxylation sites is 2. The zero-order valence-electron chi connectivity index (χ0n) is 15.9. The van der Waals surface area contributed by atoms with Crippen LogP contribution in [0.5, 0.6) is 11.5 Å². The van der Waals surface area contributed by atoms with Gasteiger partial charge >= 0.3 is 0 Å². The second-order valence-electron chi connectivity index (χ2n) is 6.84. The van der Waals surface area contributed by atoms with E-state index in [0.717, 1.165) is 35.7 Å². The summed E-state index contributed by atoms with van der Waals surface area (Å²) in [5.74, 6) is 1.62. The normalized spacial score (nSPS) is 16.4. The van der Waals surface area contributed by atoms with Crippen LogP contribution in [0.2, 0.25) is 0 Å². The van der Waals surface area contributed by atoms with Crippen LogP contribution in [0.15, 0.2) is 30.3 Å². The maximum atomic E-state index is 12.8. The lowest BCUT2D eigenvalue weighted by Crippen LogP contribution is -2.44. The van der Waals surface area contributed by atoms with E-state index in [1.54, 1.807) is 7.11 Å².